The monoisotopic (exact) mass is 337 g/mol. The maximum atomic E-state index is 12.3. The van der Waals surface area contributed by atoms with E-state index < -0.39 is 0 Å². The van der Waals surface area contributed by atoms with Crippen molar-refractivity contribution in [1.82, 2.24) is 4.98 Å². The number of nitrogens with two attached hydrogens (primary N) is 1. The van der Waals surface area contributed by atoms with Crippen molar-refractivity contribution in [3.05, 3.63) is 69.5 Å². The Morgan fingerprint density at radius 2 is 1.88 bits per heavy atom. The topological polar surface area (TPSA) is 67.9 Å². The number of ether oxygens (including phenoxy) is 2. The number of nitrogens with one attached hydrogen (secondary N) is 1. The highest BCUT2D eigenvalue weighted by molar-refractivity contribution is 5.83. The third-order valence-electron chi connectivity index (χ3n) is 4.66. The van der Waals surface area contributed by atoms with Crippen molar-refractivity contribution in [1.29, 1.82) is 0 Å². The van der Waals surface area contributed by atoms with Crippen LogP contribution in [0.1, 0.15) is 16.7 Å². The second-order valence-corrected chi connectivity index (χ2v) is 6.37. The van der Waals surface area contributed by atoms with Crippen molar-refractivity contribution in [2.24, 2.45) is 0 Å². The van der Waals surface area contributed by atoms with Crippen LogP contribution in [-0.4, -0.2) is 18.3 Å². The van der Waals surface area contributed by atoms with Crippen LogP contribution in [0.3, 0.4) is 0 Å². The Morgan fingerprint density at radius 3 is 2.72 bits per heavy atom. The van der Waals surface area contributed by atoms with E-state index in [1.807, 2.05) is 18.2 Å². The number of aromatic amines is 1. The lowest BCUT2D eigenvalue weighted by molar-refractivity contribution is -0.670. The summed E-state index contributed by atoms with van der Waals surface area (Å²) in [6, 6.07) is 14.1. The second-order valence-electron chi connectivity index (χ2n) is 6.37. The molecule has 4 rings (SSSR count). The maximum Gasteiger partial charge on any atom is 0.257 e. The Morgan fingerprint density at radius 1 is 1.08 bits per heavy atom. The minimum Gasteiger partial charge on any atom is -0.454 e. The first kappa shape index (κ1) is 15.7. The molecule has 1 aliphatic heterocycles. The van der Waals surface area contributed by atoms with Crippen LogP contribution < -0.4 is 20.3 Å². The van der Waals surface area contributed by atoms with E-state index in [1.54, 1.807) is 0 Å². The number of fused-ring (bicyclic) bond motifs is 2. The number of pyridine rings is 1. The average molecular weight is 337 g/mol. The molecule has 0 saturated carbocycles. The predicted molar refractivity (Wildman–Crippen MR) is 96.1 cm³/mol. The van der Waals surface area contributed by atoms with Gasteiger partial charge in [0.25, 0.3) is 5.56 Å². The molecule has 1 aromatic heterocycles. The van der Waals surface area contributed by atoms with Crippen LogP contribution >= 0.6 is 0 Å². The van der Waals surface area contributed by atoms with E-state index >= 15 is 0 Å². The van der Waals surface area contributed by atoms with E-state index in [-0.39, 0.29) is 12.4 Å². The Kier molecular flexibility index (Phi) is 4.15. The molecule has 5 nitrogen and oxygen atoms in total. The van der Waals surface area contributed by atoms with Gasteiger partial charge in [0.15, 0.2) is 11.5 Å². The molecule has 5 heteroatoms. The molecule has 0 aliphatic carbocycles. The molecule has 2 aromatic carbocycles. The van der Waals surface area contributed by atoms with E-state index in [2.05, 4.69) is 41.5 Å². The lowest BCUT2D eigenvalue weighted by atomic mass is 10.1. The molecule has 3 aromatic rings. The third-order valence-corrected chi connectivity index (χ3v) is 4.66. The number of hydrogen-bond acceptors (Lipinski definition) is 3. The van der Waals surface area contributed by atoms with Gasteiger partial charge in [0.05, 0.1) is 17.6 Å². The summed E-state index contributed by atoms with van der Waals surface area (Å²) in [6.07, 6.45) is 0.997. The summed E-state index contributed by atoms with van der Waals surface area (Å²) in [6.45, 7) is 3.97. The molecule has 0 atom stereocenters. The summed E-state index contributed by atoms with van der Waals surface area (Å²) >= 11 is 0. The van der Waals surface area contributed by atoms with Gasteiger partial charge < -0.3 is 19.8 Å². The van der Waals surface area contributed by atoms with E-state index in [0.717, 1.165) is 35.2 Å². The summed E-state index contributed by atoms with van der Waals surface area (Å²) in [4.78, 5) is 15.2. The molecular formula is C20H21N2O3+. The Balaban J connectivity index is 1.46. The van der Waals surface area contributed by atoms with E-state index in [4.69, 9.17) is 9.47 Å². The molecule has 25 heavy (non-hydrogen) atoms. The molecule has 0 unspecified atom stereocenters. The van der Waals surface area contributed by atoms with Gasteiger partial charge in [-0.2, -0.15) is 0 Å². The smallest absolute Gasteiger partial charge is 0.257 e. The molecule has 0 spiro atoms. The van der Waals surface area contributed by atoms with Gasteiger partial charge in [-0.3, -0.25) is 4.79 Å². The highest BCUT2D eigenvalue weighted by Crippen LogP contribution is 2.35. The van der Waals surface area contributed by atoms with Crippen LogP contribution in [0, 0.1) is 6.92 Å². The Labute approximate surface area is 145 Å². The lowest BCUT2D eigenvalue weighted by Crippen LogP contribution is -2.83. The molecule has 2 heterocycles. The maximum absolute atomic E-state index is 12.3. The zero-order chi connectivity index (χ0) is 17.2. The van der Waals surface area contributed by atoms with Gasteiger partial charge in [-0.15, -0.1) is 0 Å². The van der Waals surface area contributed by atoms with Gasteiger partial charge in [0.2, 0.25) is 6.79 Å². The van der Waals surface area contributed by atoms with Gasteiger partial charge in [-0.05, 0) is 30.2 Å². The van der Waals surface area contributed by atoms with Gasteiger partial charge in [0, 0.05) is 17.9 Å². The molecule has 0 bridgehead atoms. The van der Waals surface area contributed by atoms with Crippen LogP contribution in [-0.2, 0) is 13.0 Å². The van der Waals surface area contributed by atoms with Crippen molar-refractivity contribution < 1.29 is 14.8 Å². The molecule has 0 amide bonds. The fourth-order valence-electron chi connectivity index (χ4n) is 3.20. The number of aryl methyl sites for hydroxylation is 1. The number of H-pyrrole nitrogens is 1. The van der Waals surface area contributed by atoms with Crippen LogP contribution in [0.5, 0.6) is 11.5 Å². The number of benzene rings is 2. The summed E-state index contributed by atoms with van der Waals surface area (Å²) in [5, 5.41) is 3.14. The number of aromatic nitrogens is 1. The van der Waals surface area contributed by atoms with Gasteiger partial charge >= 0.3 is 0 Å². The van der Waals surface area contributed by atoms with E-state index in [0.29, 0.717) is 12.3 Å². The van der Waals surface area contributed by atoms with Crippen LogP contribution in [0.4, 0.5) is 0 Å². The minimum atomic E-state index is -0.0430. The Hall–Kier alpha value is -2.79. The predicted octanol–water partition coefficient (Wildman–Crippen LogP) is 1.87. The van der Waals surface area contributed by atoms with E-state index in [9.17, 15) is 4.79 Å². The normalized spacial score (nSPS) is 12.7. The fourth-order valence-corrected chi connectivity index (χ4v) is 3.20. The Bertz CT molecular complexity index is 978. The number of quaternary nitrogens is 1. The summed E-state index contributed by atoms with van der Waals surface area (Å²) in [5.41, 5.74) is 4.18. The standard InChI is InChI=1S/C20H20N2O3/c1-13-4-2-3-5-14(13)6-7-21-11-16-8-15-9-18-19(25-12-24-18)10-17(15)22-20(16)23/h2-5,8-10,21H,6-7,11-12H2,1H3,(H,22,23)/p+1. The molecule has 3 N–H and O–H groups in total. The number of rotatable bonds is 5. The summed E-state index contributed by atoms with van der Waals surface area (Å²) < 4.78 is 10.8. The highest BCUT2D eigenvalue weighted by atomic mass is 16.7. The van der Waals surface area contributed by atoms with Crippen molar-refractivity contribution in [3.63, 3.8) is 0 Å². The zero-order valence-electron chi connectivity index (χ0n) is 14.2. The molecule has 0 fully saturated rings. The van der Waals surface area contributed by atoms with Crippen LogP contribution in [0.25, 0.3) is 10.9 Å². The SMILES string of the molecule is Cc1ccccc1CC[NH2+]Cc1cc2cc3c(cc2[nH]c1=O)OCO3. The molecule has 1 aliphatic rings. The third kappa shape index (κ3) is 3.23. The first-order valence-electron chi connectivity index (χ1n) is 8.52. The van der Waals surface area contributed by atoms with Crippen molar-refractivity contribution in [2.45, 2.75) is 19.9 Å². The lowest BCUT2D eigenvalue weighted by Gasteiger charge is -2.06. The minimum absolute atomic E-state index is 0.0430. The second kappa shape index (κ2) is 6.61. The summed E-state index contributed by atoms with van der Waals surface area (Å²) in [5.74, 6) is 1.41. The first-order valence-corrected chi connectivity index (χ1v) is 8.52. The largest absolute Gasteiger partial charge is 0.454 e. The highest BCUT2D eigenvalue weighted by Gasteiger charge is 2.15. The van der Waals surface area contributed by atoms with Crippen molar-refractivity contribution in [3.8, 4) is 11.5 Å². The zero-order valence-corrected chi connectivity index (χ0v) is 14.2. The number of hydrogen-bond donors (Lipinski definition) is 2. The quantitative estimate of drug-likeness (QED) is 0.699. The fraction of sp³-hybridized carbons (Fsp3) is 0.250. The van der Waals surface area contributed by atoms with E-state index in [1.165, 1.54) is 11.1 Å². The van der Waals surface area contributed by atoms with Crippen LogP contribution in [0.2, 0.25) is 0 Å². The van der Waals surface area contributed by atoms with Gasteiger partial charge in [-0.25, -0.2) is 0 Å². The molecule has 0 saturated heterocycles. The average Bonchev–Trinajstić information content (AvgIpc) is 3.05. The van der Waals surface area contributed by atoms with Crippen LogP contribution in [0.15, 0.2) is 47.3 Å². The van der Waals surface area contributed by atoms with Gasteiger partial charge in [0.1, 0.15) is 6.54 Å². The summed E-state index contributed by atoms with van der Waals surface area (Å²) in [7, 11) is 0. The van der Waals surface area contributed by atoms with Gasteiger partial charge in [-0.1, -0.05) is 24.3 Å². The first-order chi connectivity index (χ1) is 12.2. The molecule has 0 radical (unpaired) electrons. The molecule has 128 valence electrons. The van der Waals surface area contributed by atoms with Crippen molar-refractivity contribution in [2.75, 3.05) is 13.3 Å². The molecular weight excluding hydrogens is 316 g/mol. The van der Waals surface area contributed by atoms with Crippen molar-refractivity contribution >= 4 is 10.9 Å².